The van der Waals surface area contributed by atoms with Crippen molar-refractivity contribution in [2.24, 2.45) is 7.05 Å². The molecular weight excluding hydrogens is 440 g/mol. The van der Waals surface area contributed by atoms with Crippen LogP contribution in [-0.4, -0.2) is 45.3 Å². The van der Waals surface area contributed by atoms with Crippen molar-refractivity contribution in [3.05, 3.63) is 54.4 Å². The third kappa shape index (κ3) is 4.03. The average molecular weight is 461 g/mol. The number of aryl methyl sites for hydroxylation is 3. The van der Waals surface area contributed by atoms with Crippen LogP contribution in [0.4, 0.5) is 11.5 Å². The van der Waals surface area contributed by atoms with Crippen molar-refractivity contribution in [3.8, 4) is 11.5 Å². The highest BCUT2D eigenvalue weighted by Crippen LogP contribution is 2.31. The predicted molar refractivity (Wildman–Crippen MR) is 125 cm³/mol. The lowest BCUT2D eigenvalue weighted by atomic mass is 10.2. The summed E-state index contributed by atoms with van der Waals surface area (Å²) in [6, 6.07) is 7.61. The van der Waals surface area contributed by atoms with Crippen LogP contribution in [0, 0.1) is 13.8 Å². The molecule has 1 aromatic carbocycles. The summed E-state index contributed by atoms with van der Waals surface area (Å²) < 4.78 is 19.8. The maximum atomic E-state index is 11.8. The number of nitrogens with one attached hydrogen (secondary N) is 1. The standard InChI is InChI=1S/C22H20N8O2S/c1-12-7-14(28-20-19-16(24-10-25-20)9-23-22(29-19)33(4)31)5-6-17(12)32-18-8-15-21(27-13(18)2)30(3)11-26-15/h5-11H,1-4H3,(H,24,25,28). The van der Waals surface area contributed by atoms with Gasteiger partial charge in [0.2, 0.25) is 0 Å². The van der Waals surface area contributed by atoms with Crippen LogP contribution in [0.15, 0.2) is 48.3 Å². The lowest BCUT2D eigenvalue weighted by Gasteiger charge is -2.13. The first-order valence-corrected chi connectivity index (χ1v) is 11.6. The van der Waals surface area contributed by atoms with Gasteiger partial charge in [0, 0.05) is 30.0 Å². The van der Waals surface area contributed by atoms with Crippen molar-refractivity contribution in [2.45, 2.75) is 19.0 Å². The Labute approximate surface area is 192 Å². The van der Waals surface area contributed by atoms with Gasteiger partial charge in [0.15, 0.2) is 17.2 Å². The fraction of sp³-hybridized carbons (Fsp3) is 0.182. The van der Waals surface area contributed by atoms with E-state index in [-0.39, 0.29) is 5.16 Å². The molecule has 4 heterocycles. The van der Waals surface area contributed by atoms with E-state index in [0.717, 1.165) is 28.1 Å². The summed E-state index contributed by atoms with van der Waals surface area (Å²) in [5, 5.41) is 3.49. The number of fused-ring (bicyclic) bond motifs is 2. The first kappa shape index (κ1) is 21.0. The second kappa shape index (κ2) is 8.26. The lowest BCUT2D eigenvalue weighted by Crippen LogP contribution is -2.06. The van der Waals surface area contributed by atoms with E-state index in [0.29, 0.717) is 28.4 Å². The Morgan fingerprint density at radius 2 is 1.85 bits per heavy atom. The van der Waals surface area contributed by atoms with Gasteiger partial charge in [-0.25, -0.2) is 19.9 Å². The second-order valence-corrected chi connectivity index (χ2v) is 8.81. The Hall–Kier alpha value is -3.83. The molecule has 0 fully saturated rings. The molecule has 1 atom stereocenters. The summed E-state index contributed by atoms with van der Waals surface area (Å²) in [4.78, 5) is 25.9. The summed E-state index contributed by atoms with van der Waals surface area (Å²) in [6.45, 7) is 3.87. The summed E-state index contributed by atoms with van der Waals surface area (Å²) >= 11 is -1.31. The Morgan fingerprint density at radius 3 is 2.64 bits per heavy atom. The Kier molecular flexibility index (Phi) is 5.27. The number of anilines is 2. The molecular formula is C22H20N8O2S. The van der Waals surface area contributed by atoms with E-state index in [1.54, 1.807) is 12.5 Å². The molecule has 0 amide bonds. The first-order chi connectivity index (χ1) is 15.9. The van der Waals surface area contributed by atoms with Crippen molar-refractivity contribution in [1.29, 1.82) is 0 Å². The van der Waals surface area contributed by atoms with Crippen LogP contribution in [0.2, 0.25) is 0 Å². The maximum absolute atomic E-state index is 11.8. The second-order valence-electron chi connectivity index (χ2n) is 7.54. The fourth-order valence-corrected chi connectivity index (χ4v) is 3.81. The Balaban J connectivity index is 1.43. The topological polar surface area (TPSA) is 127 Å². The molecule has 5 rings (SSSR count). The Bertz CT molecular complexity index is 1500. The van der Waals surface area contributed by atoms with Crippen molar-refractivity contribution >= 4 is 44.9 Å². The third-order valence-corrected chi connectivity index (χ3v) is 5.81. The number of aromatic nitrogens is 7. The monoisotopic (exact) mass is 460 g/mol. The van der Waals surface area contributed by atoms with Crippen LogP contribution in [0.1, 0.15) is 11.3 Å². The number of hydrogen-bond donors (Lipinski definition) is 1. The highest BCUT2D eigenvalue weighted by molar-refractivity contribution is 7.90. The molecule has 0 aliphatic carbocycles. The number of imidazole rings is 1. The highest BCUT2D eigenvalue weighted by atomic mass is 32.2. The molecule has 4 aromatic heterocycles. The van der Waals surface area contributed by atoms with Gasteiger partial charge in [-0.1, -0.05) is 0 Å². The largest absolute Gasteiger partial charge is 0.609 e. The van der Waals surface area contributed by atoms with Crippen molar-refractivity contribution in [3.63, 3.8) is 0 Å². The minimum Gasteiger partial charge on any atom is -0.609 e. The quantitative estimate of drug-likeness (QED) is 0.309. The predicted octanol–water partition coefficient (Wildman–Crippen LogP) is 3.59. The SMILES string of the molecule is Cc1cc(Nc2ncnc3cnc([S+](C)[O-])nc23)ccc1Oc1cc2ncn(C)c2nc1C. The van der Waals surface area contributed by atoms with Crippen LogP contribution in [-0.2, 0) is 18.2 Å². The summed E-state index contributed by atoms with van der Waals surface area (Å²) in [6.07, 6.45) is 6.24. The van der Waals surface area contributed by atoms with Crippen LogP contribution in [0.25, 0.3) is 22.2 Å². The molecule has 0 spiro atoms. The van der Waals surface area contributed by atoms with Crippen molar-refractivity contribution in [2.75, 3.05) is 11.6 Å². The fourth-order valence-electron chi connectivity index (χ4n) is 3.39. The van der Waals surface area contributed by atoms with Gasteiger partial charge in [0.05, 0.1) is 18.2 Å². The van der Waals surface area contributed by atoms with Crippen molar-refractivity contribution in [1.82, 2.24) is 34.5 Å². The molecule has 1 N–H and O–H groups in total. The van der Waals surface area contributed by atoms with Crippen LogP contribution in [0.5, 0.6) is 11.5 Å². The Morgan fingerprint density at radius 1 is 1.00 bits per heavy atom. The van der Waals surface area contributed by atoms with Gasteiger partial charge in [-0.2, -0.15) is 9.97 Å². The molecule has 11 heteroatoms. The highest BCUT2D eigenvalue weighted by Gasteiger charge is 2.15. The molecule has 0 saturated heterocycles. The van der Waals surface area contributed by atoms with Gasteiger partial charge in [-0.15, -0.1) is 0 Å². The van der Waals surface area contributed by atoms with E-state index in [1.807, 2.05) is 49.7 Å². The third-order valence-electron chi connectivity index (χ3n) is 5.10. The molecule has 10 nitrogen and oxygen atoms in total. The zero-order valence-electron chi connectivity index (χ0n) is 18.4. The molecule has 0 saturated carbocycles. The van der Waals surface area contributed by atoms with Gasteiger partial charge >= 0.3 is 5.16 Å². The summed E-state index contributed by atoms with van der Waals surface area (Å²) in [5.74, 6) is 1.87. The molecule has 0 bridgehead atoms. The number of benzene rings is 1. The van der Waals surface area contributed by atoms with Crippen LogP contribution >= 0.6 is 0 Å². The summed E-state index contributed by atoms with van der Waals surface area (Å²) in [7, 11) is 1.91. The number of hydrogen-bond acceptors (Lipinski definition) is 9. The lowest BCUT2D eigenvalue weighted by molar-refractivity contribution is 0.473. The molecule has 5 aromatic rings. The maximum Gasteiger partial charge on any atom is 0.343 e. The summed E-state index contributed by atoms with van der Waals surface area (Å²) in [5.41, 5.74) is 5.15. The minimum atomic E-state index is -1.31. The number of rotatable bonds is 5. The number of nitrogens with zero attached hydrogens (tertiary/aromatic N) is 7. The van der Waals surface area contributed by atoms with Crippen LogP contribution in [0.3, 0.4) is 0 Å². The molecule has 33 heavy (non-hydrogen) atoms. The molecule has 166 valence electrons. The van der Waals surface area contributed by atoms with E-state index in [9.17, 15) is 4.55 Å². The van der Waals surface area contributed by atoms with E-state index >= 15 is 0 Å². The zero-order chi connectivity index (χ0) is 23.1. The zero-order valence-corrected chi connectivity index (χ0v) is 19.2. The van der Waals surface area contributed by atoms with E-state index in [2.05, 4.69) is 35.2 Å². The molecule has 1 unspecified atom stereocenters. The molecule has 0 radical (unpaired) electrons. The van der Waals surface area contributed by atoms with Crippen molar-refractivity contribution < 1.29 is 9.29 Å². The van der Waals surface area contributed by atoms with Crippen LogP contribution < -0.4 is 10.1 Å². The van der Waals surface area contributed by atoms with Gasteiger partial charge < -0.3 is 19.2 Å². The van der Waals surface area contributed by atoms with E-state index < -0.39 is 11.2 Å². The van der Waals surface area contributed by atoms with Gasteiger partial charge in [0.25, 0.3) is 0 Å². The molecule has 0 aliphatic rings. The van der Waals surface area contributed by atoms with E-state index in [1.165, 1.54) is 12.6 Å². The normalized spacial score (nSPS) is 12.3. The minimum absolute atomic E-state index is 0.231. The molecule has 0 aliphatic heterocycles. The van der Waals surface area contributed by atoms with Gasteiger partial charge in [-0.3, -0.25) is 0 Å². The number of pyridine rings is 1. The van der Waals surface area contributed by atoms with E-state index in [4.69, 9.17) is 4.74 Å². The smallest absolute Gasteiger partial charge is 0.343 e. The van der Waals surface area contributed by atoms with Gasteiger partial charge in [-0.05, 0) is 37.6 Å². The number of ether oxygens (including phenoxy) is 1. The average Bonchev–Trinajstić information content (AvgIpc) is 3.15. The first-order valence-electron chi connectivity index (χ1n) is 10.0. The van der Waals surface area contributed by atoms with Gasteiger partial charge in [0.1, 0.15) is 34.9 Å².